The number of rotatable bonds is 13. The molecule has 37 heavy (non-hydrogen) atoms. The zero-order valence-corrected chi connectivity index (χ0v) is 21.0. The van der Waals surface area contributed by atoms with E-state index >= 15 is 0 Å². The minimum Gasteiger partial charge on any atom is -0.361 e. The number of hydrogen-bond donors (Lipinski definition) is 5. The number of Topliss-reactive ketones (excluding diaryl/α,β-unsaturated/α-hetero) is 1. The summed E-state index contributed by atoms with van der Waals surface area (Å²) >= 11 is 0. The Kier molecular flexibility index (Phi) is 9.71. The summed E-state index contributed by atoms with van der Waals surface area (Å²) < 4.78 is 0. The summed E-state index contributed by atoms with van der Waals surface area (Å²) in [6.07, 6.45) is 2.90. The normalized spacial score (nSPS) is 12.5. The van der Waals surface area contributed by atoms with E-state index in [2.05, 4.69) is 20.9 Å². The van der Waals surface area contributed by atoms with Crippen LogP contribution in [0.3, 0.4) is 0 Å². The lowest BCUT2D eigenvalue weighted by atomic mass is 10.0. The summed E-state index contributed by atoms with van der Waals surface area (Å²) in [5.74, 6) is -1.63. The number of carbonyl (C=O) groups excluding carboxylic acids is 4. The molecule has 0 unspecified atom stereocenters. The Morgan fingerprint density at radius 2 is 1.62 bits per heavy atom. The fourth-order valence-electron chi connectivity index (χ4n) is 4.00. The highest BCUT2D eigenvalue weighted by atomic mass is 16.2. The molecule has 0 fully saturated rings. The molecule has 1 aromatic heterocycles. The Labute approximate surface area is 215 Å². The fourth-order valence-corrected chi connectivity index (χ4v) is 4.00. The molecule has 9 heteroatoms. The maximum absolute atomic E-state index is 13.5. The smallest absolute Gasteiger partial charge is 0.246 e. The van der Waals surface area contributed by atoms with Crippen molar-refractivity contribution in [3.8, 4) is 0 Å². The third-order valence-corrected chi connectivity index (χ3v) is 5.86. The number of nitrogens with one attached hydrogen (secondary N) is 5. The van der Waals surface area contributed by atoms with Crippen LogP contribution in [-0.4, -0.2) is 46.8 Å². The zero-order valence-electron chi connectivity index (χ0n) is 21.0. The highest BCUT2D eigenvalue weighted by Crippen LogP contribution is 2.19. The van der Waals surface area contributed by atoms with E-state index in [-0.39, 0.29) is 37.5 Å². The van der Waals surface area contributed by atoms with Crippen LogP contribution in [0.5, 0.6) is 0 Å². The van der Waals surface area contributed by atoms with E-state index in [1.165, 1.54) is 0 Å². The van der Waals surface area contributed by atoms with Gasteiger partial charge in [-0.15, -0.1) is 0 Å². The molecule has 3 amide bonds. The lowest BCUT2D eigenvalue weighted by Crippen LogP contribution is -2.53. The molecule has 2 atom stereocenters. The molecule has 0 radical (unpaired) electrons. The number of benzene rings is 2. The molecule has 0 spiro atoms. The Balaban J connectivity index is 1.81. The SMILES string of the molecule is CC(C)CC(=O)N[C@@H](Cc1c[nH]c2ccccc12)C(=O)N[C@@H](CCC(=O)C=N)C(=O)Nc1ccccc1. The van der Waals surface area contributed by atoms with Gasteiger partial charge in [-0.25, -0.2) is 0 Å². The van der Waals surface area contributed by atoms with E-state index in [4.69, 9.17) is 5.41 Å². The van der Waals surface area contributed by atoms with Crippen molar-refractivity contribution < 1.29 is 19.2 Å². The predicted octanol–water partition coefficient (Wildman–Crippen LogP) is 3.36. The number of hydrogen-bond acceptors (Lipinski definition) is 5. The van der Waals surface area contributed by atoms with Gasteiger partial charge in [-0.3, -0.25) is 19.2 Å². The van der Waals surface area contributed by atoms with E-state index in [1.807, 2.05) is 50.4 Å². The fraction of sp³-hybridized carbons (Fsp3) is 0.321. The summed E-state index contributed by atoms with van der Waals surface area (Å²) in [6, 6.07) is 14.5. The van der Waals surface area contributed by atoms with Crippen LogP contribution < -0.4 is 16.0 Å². The number of anilines is 1. The second kappa shape index (κ2) is 13.2. The maximum Gasteiger partial charge on any atom is 0.246 e. The van der Waals surface area contributed by atoms with Crippen molar-refractivity contribution in [1.82, 2.24) is 15.6 Å². The van der Waals surface area contributed by atoms with Gasteiger partial charge in [0.25, 0.3) is 0 Å². The number of aromatic amines is 1. The van der Waals surface area contributed by atoms with Crippen molar-refractivity contribution in [2.75, 3.05) is 5.32 Å². The van der Waals surface area contributed by atoms with Gasteiger partial charge in [0.1, 0.15) is 12.1 Å². The van der Waals surface area contributed by atoms with Crippen LogP contribution in [0.4, 0.5) is 5.69 Å². The standard InChI is InChI=1S/C28H33N5O4/c1-18(2)14-26(35)32-25(15-19-17-30-23-11-7-6-10-22(19)23)28(37)33-24(13-12-21(34)16-29)27(36)31-20-8-4-3-5-9-20/h3-11,16-18,24-25,29-30H,12-15H2,1-2H3,(H,31,36)(H,32,35)(H,33,37)/t24-,25-/m0/s1. The van der Waals surface area contributed by atoms with Crippen LogP contribution in [0, 0.1) is 11.3 Å². The van der Waals surface area contributed by atoms with E-state index in [0.29, 0.717) is 11.9 Å². The van der Waals surface area contributed by atoms with Gasteiger partial charge in [-0.1, -0.05) is 50.2 Å². The van der Waals surface area contributed by atoms with E-state index < -0.39 is 29.7 Å². The van der Waals surface area contributed by atoms with Gasteiger partial charge in [0, 0.05) is 42.0 Å². The molecule has 0 aliphatic rings. The summed E-state index contributed by atoms with van der Waals surface area (Å²) in [5, 5.41) is 16.4. The van der Waals surface area contributed by atoms with Gasteiger partial charge in [-0.05, 0) is 36.1 Å². The van der Waals surface area contributed by atoms with Gasteiger partial charge in [0.05, 0.1) is 6.21 Å². The Morgan fingerprint density at radius 3 is 2.32 bits per heavy atom. The molecule has 1 heterocycles. The first kappa shape index (κ1) is 27.3. The molecule has 2 aromatic carbocycles. The average molecular weight is 504 g/mol. The minimum absolute atomic E-state index is 0.0123. The van der Waals surface area contributed by atoms with Crippen molar-refractivity contribution >= 4 is 46.3 Å². The van der Waals surface area contributed by atoms with Crippen LogP contribution in [0.15, 0.2) is 60.8 Å². The molecule has 3 aromatic rings. The Hall–Kier alpha value is -4.27. The van der Waals surface area contributed by atoms with Crippen LogP contribution in [0.25, 0.3) is 10.9 Å². The average Bonchev–Trinajstić information content (AvgIpc) is 3.28. The van der Waals surface area contributed by atoms with Crippen molar-refractivity contribution in [3.63, 3.8) is 0 Å². The molecular formula is C28H33N5O4. The number of H-pyrrole nitrogens is 1. The summed E-state index contributed by atoms with van der Waals surface area (Å²) in [7, 11) is 0. The van der Waals surface area contributed by atoms with Gasteiger partial charge in [0.15, 0.2) is 5.78 Å². The monoisotopic (exact) mass is 503 g/mol. The maximum atomic E-state index is 13.5. The second-order valence-corrected chi connectivity index (χ2v) is 9.35. The molecule has 3 rings (SSSR count). The molecule has 0 bridgehead atoms. The predicted molar refractivity (Wildman–Crippen MR) is 143 cm³/mol. The number of fused-ring (bicyclic) bond motifs is 1. The van der Waals surface area contributed by atoms with E-state index in [9.17, 15) is 19.2 Å². The quantitative estimate of drug-likeness (QED) is 0.228. The van der Waals surface area contributed by atoms with E-state index in [1.54, 1.807) is 24.3 Å². The number of amides is 3. The topological polar surface area (TPSA) is 144 Å². The van der Waals surface area contributed by atoms with Crippen LogP contribution in [0.2, 0.25) is 0 Å². The highest BCUT2D eigenvalue weighted by Gasteiger charge is 2.28. The number of carbonyl (C=O) groups is 4. The zero-order chi connectivity index (χ0) is 26.8. The van der Waals surface area contributed by atoms with Crippen LogP contribution in [-0.2, 0) is 25.6 Å². The van der Waals surface area contributed by atoms with Crippen molar-refractivity contribution in [3.05, 3.63) is 66.4 Å². The van der Waals surface area contributed by atoms with E-state index in [0.717, 1.165) is 16.5 Å². The third-order valence-electron chi connectivity index (χ3n) is 5.86. The van der Waals surface area contributed by atoms with Crippen molar-refractivity contribution in [2.45, 2.75) is 51.6 Å². The largest absolute Gasteiger partial charge is 0.361 e. The first-order valence-electron chi connectivity index (χ1n) is 12.3. The molecule has 5 N–H and O–H groups in total. The number of aromatic nitrogens is 1. The Bertz CT molecular complexity index is 1250. The van der Waals surface area contributed by atoms with Gasteiger partial charge in [0.2, 0.25) is 17.7 Å². The molecule has 9 nitrogen and oxygen atoms in total. The summed E-state index contributed by atoms with van der Waals surface area (Å²) in [4.78, 5) is 54.1. The van der Waals surface area contributed by atoms with Gasteiger partial charge >= 0.3 is 0 Å². The third kappa shape index (κ3) is 8.13. The van der Waals surface area contributed by atoms with Crippen molar-refractivity contribution in [2.24, 2.45) is 5.92 Å². The van der Waals surface area contributed by atoms with Gasteiger partial charge in [-0.2, -0.15) is 0 Å². The second-order valence-electron chi connectivity index (χ2n) is 9.35. The highest BCUT2D eigenvalue weighted by molar-refractivity contribution is 6.26. The lowest BCUT2D eigenvalue weighted by Gasteiger charge is -2.23. The van der Waals surface area contributed by atoms with Crippen LogP contribution in [0.1, 0.15) is 38.7 Å². The van der Waals surface area contributed by atoms with Crippen LogP contribution >= 0.6 is 0 Å². The first-order chi connectivity index (χ1) is 17.8. The molecule has 194 valence electrons. The van der Waals surface area contributed by atoms with Gasteiger partial charge < -0.3 is 26.3 Å². The number of ketones is 1. The first-order valence-corrected chi connectivity index (χ1v) is 12.3. The molecular weight excluding hydrogens is 470 g/mol. The molecule has 0 saturated carbocycles. The summed E-state index contributed by atoms with van der Waals surface area (Å²) in [5.41, 5.74) is 2.31. The van der Waals surface area contributed by atoms with Crippen molar-refractivity contribution in [1.29, 1.82) is 5.41 Å². The number of para-hydroxylation sites is 2. The lowest BCUT2D eigenvalue weighted by molar-refractivity contribution is -0.131. The molecule has 0 aliphatic carbocycles. The summed E-state index contributed by atoms with van der Waals surface area (Å²) in [6.45, 7) is 3.83. The minimum atomic E-state index is -1.04. The molecule has 0 saturated heterocycles. The Morgan fingerprint density at radius 1 is 0.919 bits per heavy atom. The molecule has 0 aliphatic heterocycles.